The van der Waals surface area contributed by atoms with Gasteiger partial charge in [-0.2, -0.15) is 5.10 Å². The van der Waals surface area contributed by atoms with Crippen molar-refractivity contribution in [1.82, 2.24) is 9.78 Å². The van der Waals surface area contributed by atoms with E-state index in [0.29, 0.717) is 12.2 Å². The second-order valence-electron chi connectivity index (χ2n) is 4.18. The van der Waals surface area contributed by atoms with E-state index in [0.717, 1.165) is 18.7 Å². The molecule has 7 heteroatoms. The van der Waals surface area contributed by atoms with Crippen LogP contribution in [0.3, 0.4) is 0 Å². The van der Waals surface area contributed by atoms with Crippen molar-refractivity contribution in [3.8, 4) is 5.75 Å². The van der Waals surface area contributed by atoms with Gasteiger partial charge in [-0.3, -0.25) is 4.68 Å². The number of ether oxygens (including phenoxy) is 2. The first-order chi connectivity index (χ1) is 9.10. The highest BCUT2D eigenvalue weighted by Crippen LogP contribution is 2.25. The van der Waals surface area contributed by atoms with Crippen LogP contribution in [0.4, 0.5) is 8.78 Å². The molecule has 19 heavy (non-hydrogen) atoms. The normalized spacial score (nSPS) is 12.9. The monoisotopic (exact) mass is 277 g/mol. The number of hydrogen-bond acceptors (Lipinski definition) is 4. The van der Waals surface area contributed by atoms with Gasteiger partial charge in [0, 0.05) is 13.2 Å². The van der Waals surface area contributed by atoms with Crippen molar-refractivity contribution in [3.05, 3.63) is 11.9 Å². The second-order valence-corrected chi connectivity index (χ2v) is 4.18. The molecule has 1 rings (SSSR count). The number of methoxy groups -OCH3 is 1. The van der Waals surface area contributed by atoms with Gasteiger partial charge in [-0.05, 0) is 12.8 Å². The predicted molar refractivity (Wildman–Crippen MR) is 67.4 cm³/mol. The van der Waals surface area contributed by atoms with E-state index in [-0.39, 0.29) is 12.6 Å². The Hall–Kier alpha value is -1.21. The third-order valence-corrected chi connectivity index (χ3v) is 2.67. The lowest BCUT2D eigenvalue weighted by atomic mass is 10.1. The molecular weight excluding hydrogens is 256 g/mol. The van der Waals surface area contributed by atoms with Crippen LogP contribution >= 0.6 is 0 Å². The summed E-state index contributed by atoms with van der Waals surface area (Å²) in [5, 5.41) is 4.21. The first-order valence-electron chi connectivity index (χ1n) is 6.31. The quantitative estimate of drug-likeness (QED) is 0.701. The molecule has 0 bridgehead atoms. The largest absolute Gasteiger partial charge is 0.493 e. The fourth-order valence-electron chi connectivity index (χ4n) is 1.82. The van der Waals surface area contributed by atoms with Gasteiger partial charge in [0.2, 0.25) is 0 Å². The fraction of sp³-hybridized carbons (Fsp3) is 0.750. The van der Waals surface area contributed by atoms with Crippen molar-refractivity contribution in [2.75, 3.05) is 20.3 Å². The molecule has 0 radical (unpaired) electrons. The third-order valence-electron chi connectivity index (χ3n) is 2.67. The summed E-state index contributed by atoms with van der Waals surface area (Å²) >= 11 is 0. The number of aryl methyl sites for hydroxylation is 1. The van der Waals surface area contributed by atoms with Crippen LogP contribution in [-0.2, 0) is 11.3 Å². The zero-order valence-electron chi connectivity index (χ0n) is 11.3. The lowest BCUT2D eigenvalue weighted by molar-refractivity contribution is 0.0150. The highest BCUT2D eigenvalue weighted by Gasteiger charge is 2.18. The Morgan fingerprint density at radius 3 is 2.79 bits per heavy atom. The molecule has 0 aliphatic rings. The number of nitrogens with zero attached hydrogens (tertiary/aromatic N) is 2. The molecule has 0 aliphatic carbocycles. The summed E-state index contributed by atoms with van der Waals surface area (Å²) in [7, 11) is 1.55. The molecule has 0 saturated carbocycles. The second kappa shape index (κ2) is 8.06. The van der Waals surface area contributed by atoms with Gasteiger partial charge in [-0.15, -0.1) is 0 Å². The first-order valence-corrected chi connectivity index (χ1v) is 6.31. The van der Waals surface area contributed by atoms with Gasteiger partial charge in [0.15, 0.2) is 5.75 Å². The van der Waals surface area contributed by atoms with E-state index in [9.17, 15) is 8.78 Å². The Morgan fingerprint density at radius 2 is 2.21 bits per heavy atom. The Balaban J connectivity index is 2.58. The van der Waals surface area contributed by atoms with E-state index < -0.39 is 13.0 Å². The molecule has 0 spiro atoms. The summed E-state index contributed by atoms with van der Waals surface area (Å²) in [6, 6.07) is -0.346. The summed E-state index contributed by atoms with van der Waals surface area (Å²) < 4.78 is 35.7. The number of rotatable bonds is 9. The molecule has 2 N–H and O–H groups in total. The van der Waals surface area contributed by atoms with Gasteiger partial charge in [0.25, 0.3) is 6.43 Å². The molecule has 0 amide bonds. The lowest BCUT2D eigenvalue weighted by Crippen LogP contribution is -2.19. The Bertz CT molecular complexity index is 372. The minimum atomic E-state index is -2.45. The highest BCUT2D eigenvalue weighted by molar-refractivity contribution is 5.28. The maximum atomic E-state index is 11.9. The smallest absolute Gasteiger partial charge is 0.261 e. The van der Waals surface area contributed by atoms with Crippen molar-refractivity contribution in [2.45, 2.75) is 38.8 Å². The molecule has 5 nitrogen and oxygen atoms in total. The maximum absolute atomic E-state index is 11.9. The predicted octanol–water partition coefficient (Wildman–Crippen LogP) is 1.97. The summed E-state index contributed by atoms with van der Waals surface area (Å²) in [6.07, 6.45) is 0.534. The Morgan fingerprint density at radius 1 is 1.47 bits per heavy atom. The Kier molecular flexibility index (Phi) is 6.72. The number of nitrogens with two attached hydrogens (primary N) is 1. The summed E-state index contributed by atoms with van der Waals surface area (Å²) in [6.45, 7) is 2.41. The van der Waals surface area contributed by atoms with Crippen LogP contribution < -0.4 is 10.5 Å². The molecule has 0 fully saturated rings. The van der Waals surface area contributed by atoms with Gasteiger partial charge in [-0.1, -0.05) is 6.92 Å². The maximum Gasteiger partial charge on any atom is 0.261 e. The van der Waals surface area contributed by atoms with Crippen LogP contribution in [0.1, 0.15) is 31.5 Å². The van der Waals surface area contributed by atoms with Crippen LogP contribution in [0, 0.1) is 0 Å². The van der Waals surface area contributed by atoms with Crippen molar-refractivity contribution >= 4 is 0 Å². The van der Waals surface area contributed by atoms with Crippen molar-refractivity contribution < 1.29 is 18.3 Å². The fourth-order valence-corrected chi connectivity index (χ4v) is 1.82. The zero-order valence-corrected chi connectivity index (χ0v) is 11.3. The summed E-state index contributed by atoms with van der Waals surface area (Å²) in [5.41, 5.74) is 6.84. The molecule has 0 aliphatic heterocycles. The third kappa shape index (κ3) is 4.76. The van der Waals surface area contributed by atoms with Gasteiger partial charge < -0.3 is 15.2 Å². The van der Waals surface area contributed by atoms with Crippen molar-refractivity contribution in [1.29, 1.82) is 0 Å². The highest BCUT2D eigenvalue weighted by atomic mass is 19.3. The van der Waals surface area contributed by atoms with Crippen LogP contribution in [0.25, 0.3) is 0 Å². The summed E-state index contributed by atoms with van der Waals surface area (Å²) in [5.74, 6) is 0.620. The molecule has 110 valence electrons. The minimum Gasteiger partial charge on any atom is -0.493 e. The van der Waals surface area contributed by atoms with E-state index in [4.69, 9.17) is 15.2 Å². The SMILES string of the molecule is CCCn1ncc(OC)c1C(N)CCOCC(F)F. The summed E-state index contributed by atoms with van der Waals surface area (Å²) in [4.78, 5) is 0. The topological polar surface area (TPSA) is 62.3 Å². The van der Waals surface area contributed by atoms with Gasteiger partial charge in [0.1, 0.15) is 6.61 Å². The van der Waals surface area contributed by atoms with Gasteiger partial charge >= 0.3 is 0 Å². The molecule has 0 saturated heterocycles. The van der Waals surface area contributed by atoms with Crippen molar-refractivity contribution in [2.24, 2.45) is 5.73 Å². The first kappa shape index (κ1) is 15.8. The van der Waals surface area contributed by atoms with Gasteiger partial charge in [0.05, 0.1) is 25.0 Å². The van der Waals surface area contributed by atoms with E-state index in [1.807, 2.05) is 6.92 Å². The van der Waals surface area contributed by atoms with Crippen LogP contribution in [-0.4, -0.2) is 36.5 Å². The molecule has 1 atom stereocenters. The van der Waals surface area contributed by atoms with Crippen LogP contribution in [0.15, 0.2) is 6.20 Å². The van der Waals surface area contributed by atoms with E-state index in [1.165, 1.54) is 0 Å². The standard InChI is InChI=1S/C12H21F2N3O2/c1-3-5-17-12(10(18-2)7-16-17)9(15)4-6-19-8-11(13)14/h7,9,11H,3-6,8,15H2,1-2H3. The molecule has 1 unspecified atom stereocenters. The molecule has 0 aromatic carbocycles. The molecule has 1 heterocycles. The molecular formula is C12H21F2N3O2. The van der Waals surface area contributed by atoms with Gasteiger partial charge in [-0.25, -0.2) is 8.78 Å². The zero-order chi connectivity index (χ0) is 14.3. The number of halogens is 2. The average molecular weight is 277 g/mol. The number of hydrogen-bond donors (Lipinski definition) is 1. The number of aromatic nitrogens is 2. The molecule has 1 aromatic heterocycles. The van der Waals surface area contributed by atoms with Crippen LogP contribution in [0.2, 0.25) is 0 Å². The number of alkyl halides is 2. The Labute approximate surface area is 111 Å². The average Bonchev–Trinajstić information content (AvgIpc) is 2.77. The van der Waals surface area contributed by atoms with E-state index >= 15 is 0 Å². The minimum absolute atomic E-state index is 0.186. The van der Waals surface area contributed by atoms with E-state index in [2.05, 4.69) is 5.10 Å². The molecule has 1 aromatic rings. The van der Waals surface area contributed by atoms with E-state index in [1.54, 1.807) is 18.0 Å². The lowest BCUT2D eigenvalue weighted by Gasteiger charge is -2.15. The van der Waals surface area contributed by atoms with Crippen molar-refractivity contribution in [3.63, 3.8) is 0 Å². The van der Waals surface area contributed by atoms with Crippen LogP contribution in [0.5, 0.6) is 5.75 Å².